The lowest BCUT2D eigenvalue weighted by Crippen LogP contribution is -2.30. The number of carbonyl (C=O) groups is 1. The van der Waals surface area contributed by atoms with Crippen LogP contribution >= 0.6 is 35.1 Å². The van der Waals surface area contributed by atoms with Gasteiger partial charge in [0.1, 0.15) is 5.37 Å². The molecule has 1 N–H and O–H groups in total. The summed E-state index contributed by atoms with van der Waals surface area (Å²) in [6, 6.07) is 7.68. The number of hydrogen-bond acceptors (Lipinski definition) is 4. The van der Waals surface area contributed by atoms with E-state index in [0.29, 0.717) is 23.1 Å². The lowest BCUT2D eigenvalue weighted by Gasteiger charge is -2.24. The molecule has 1 saturated heterocycles. The van der Waals surface area contributed by atoms with E-state index >= 15 is 0 Å². The molecular weight excluding hydrogens is 302 g/mol. The Kier molecular flexibility index (Phi) is 5.88. The second-order valence-electron chi connectivity index (χ2n) is 4.11. The van der Waals surface area contributed by atoms with Crippen molar-refractivity contribution in [1.82, 2.24) is 4.90 Å². The molecule has 1 atom stereocenters. The van der Waals surface area contributed by atoms with Crippen molar-refractivity contribution >= 4 is 41.0 Å². The van der Waals surface area contributed by atoms with E-state index in [1.165, 1.54) is 0 Å². The molecule has 0 spiro atoms. The van der Waals surface area contributed by atoms with Crippen molar-refractivity contribution in [3.8, 4) is 0 Å². The first kappa shape index (κ1) is 15.0. The van der Waals surface area contributed by atoms with Gasteiger partial charge in [0.2, 0.25) is 5.91 Å². The molecule has 1 aromatic carbocycles. The summed E-state index contributed by atoms with van der Waals surface area (Å²) in [4.78, 5) is 13.8. The molecule has 1 aromatic rings. The number of amides is 1. The van der Waals surface area contributed by atoms with Crippen LogP contribution in [0.1, 0.15) is 10.9 Å². The van der Waals surface area contributed by atoms with Gasteiger partial charge < -0.3 is 10.0 Å². The Morgan fingerprint density at radius 2 is 2.21 bits per heavy atom. The number of hydrogen-bond donors (Lipinski definition) is 1. The number of halogens is 1. The van der Waals surface area contributed by atoms with E-state index < -0.39 is 0 Å². The van der Waals surface area contributed by atoms with Gasteiger partial charge in [-0.25, -0.2) is 0 Å². The summed E-state index contributed by atoms with van der Waals surface area (Å²) in [7, 11) is 0. The van der Waals surface area contributed by atoms with Crippen LogP contribution < -0.4 is 0 Å². The molecular formula is C13H16ClNO2S2. The zero-order chi connectivity index (χ0) is 13.7. The Labute approximate surface area is 126 Å². The Balaban J connectivity index is 2.03. The SMILES string of the molecule is O=C1CSC(c2ccccc2Cl)N1CCSCCO. The number of aliphatic hydroxyl groups is 1. The molecule has 1 heterocycles. The smallest absolute Gasteiger partial charge is 0.233 e. The van der Waals surface area contributed by atoms with Gasteiger partial charge >= 0.3 is 0 Å². The topological polar surface area (TPSA) is 40.5 Å². The van der Waals surface area contributed by atoms with Crippen LogP contribution in [0, 0.1) is 0 Å². The molecule has 3 nitrogen and oxygen atoms in total. The average molecular weight is 318 g/mol. The second kappa shape index (κ2) is 7.43. The quantitative estimate of drug-likeness (QED) is 0.819. The maximum Gasteiger partial charge on any atom is 0.233 e. The van der Waals surface area contributed by atoms with Crippen molar-refractivity contribution < 1.29 is 9.90 Å². The number of thioether (sulfide) groups is 2. The van der Waals surface area contributed by atoms with Crippen molar-refractivity contribution in [2.75, 3.05) is 30.4 Å². The molecule has 0 radical (unpaired) electrons. The summed E-state index contributed by atoms with van der Waals surface area (Å²) in [5.74, 6) is 2.24. The third kappa shape index (κ3) is 3.81. The molecule has 0 saturated carbocycles. The van der Waals surface area contributed by atoms with Gasteiger partial charge in [-0.3, -0.25) is 4.79 Å². The molecule has 1 unspecified atom stereocenters. The number of benzene rings is 1. The molecule has 0 aromatic heterocycles. The Morgan fingerprint density at radius 3 is 2.95 bits per heavy atom. The summed E-state index contributed by atoms with van der Waals surface area (Å²) in [6.45, 7) is 0.883. The van der Waals surface area contributed by atoms with Crippen molar-refractivity contribution in [2.24, 2.45) is 0 Å². The van der Waals surface area contributed by atoms with Gasteiger partial charge in [0, 0.05) is 28.6 Å². The van der Waals surface area contributed by atoms with Crippen molar-refractivity contribution in [1.29, 1.82) is 0 Å². The van der Waals surface area contributed by atoms with Crippen LogP contribution in [0.3, 0.4) is 0 Å². The Hall–Kier alpha value is -0.360. The van der Waals surface area contributed by atoms with Gasteiger partial charge in [0.05, 0.1) is 12.4 Å². The molecule has 104 valence electrons. The van der Waals surface area contributed by atoms with Crippen LogP contribution in [-0.4, -0.2) is 46.3 Å². The molecule has 2 rings (SSSR count). The minimum Gasteiger partial charge on any atom is -0.396 e. The summed E-state index contributed by atoms with van der Waals surface area (Å²) in [5, 5.41) is 9.49. The molecule has 1 amide bonds. The summed E-state index contributed by atoms with van der Waals surface area (Å²) in [6.07, 6.45) is 0. The number of nitrogens with zero attached hydrogens (tertiary/aromatic N) is 1. The van der Waals surface area contributed by atoms with E-state index in [2.05, 4.69) is 0 Å². The normalized spacial score (nSPS) is 19.2. The van der Waals surface area contributed by atoms with Crippen LogP contribution in [0.15, 0.2) is 24.3 Å². The predicted octanol–water partition coefficient (Wildman–Crippen LogP) is 2.64. The zero-order valence-electron chi connectivity index (χ0n) is 10.4. The summed E-state index contributed by atoms with van der Waals surface area (Å²) < 4.78 is 0. The van der Waals surface area contributed by atoms with Crippen LogP contribution in [0.4, 0.5) is 0 Å². The lowest BCUT2D eigenvalue weighted by molar-refractivity contribution is -0.127. The summed E-state index contributed by atoms with van der Waals surface area (Å²) >= 11 is 9.49. The fraction of sp³-hybridized carbons (Fsp3) is 0.462. The van der Waals surface area contributed by atoms with Gasteiger partial charge in [-0.05, 0) is 6.07 Å². The average Bonchev–Trinajstić information content (AvgIpc) is 2.77. The molecule has 0 bridgehead atoms. The first-order chi connectivity index (χ1) is 9.24. The van der Waals surface area contributed by atoms with E-state index in [0.717, 1.165) is 11.3 Å². The van der Waals surface area contributed by atoms with E-state index in [-0.39, 0.29) is 17.9 Å². The minimum atomic E-state index is 0.0240. The maximum absolute atomic E-state index is 11.9. The highest BCUT2D eigenvalue weighted by Gasteiger charge is 2.33. The second-order valence-corrected chi connectivity index (χ2v) is 6.81. The first-order valence-corrected chi connectivity index (χ1v) is 8.66. The van der Waals surface area contributed by atoms with Gasteiger partial charge in [0.15, 0.2) is 0 Å². The Bertz CT molecular complexity index is 444. The van der Waals surface area contributed by atoms with Gasteiger partial charge in [0.25, 0.3) is 0 Å². The largest absolute Gasteiger partial charge is 0.396 e. The number of carbonyl (C=O) groups excluding carboxylic acids is 1. The molecule has 0 aliphatic carbocycles. The molecule has 1 aliphatic rings. The van der Waals surface area contributed by atoms with Crippen molar-refractivity contribution in [2.45, 2.75) is 5.37 Å². The van der Waals surface area contributed by atoms with E-state index in [4.69, 9.17) is 16.7 Å². The van der Waals surface area contributed by atoms with Crippen LogP contribution in [0.5, 0.6) is 0 Å². The van der Waals surface area contributed by atoms with E-state index in [1.54, 1.807) is 23.5 Å². The molecule has 6 heteroatoms. The number of aliphatic hydroxyl groups excluding tert-OH is 1. The summed E-state index contributed by atoms with van der Waals surface area (Å²) in [5.41, 5.74) is 1.01. The predicted molar refractivity (Wildman–Crippen MR) is 82.8 cm³/mol. The van der Waals surface area contributed by atoms with E-state index in [1.807, 2.05) is 29.2 Å². The highest BCUT2D eigenvalue weighted by molar-refractivity contribution is 8.00. The third-order valence-electron chi connectivity index (χ3n) is 2.85. The van der Waals surface area contributed by atoms with Gasteiger partial charge in [-0.15, -0.1) is 11.8 Å². The van der Waals surface area contributed by atoms with Crippen molar-refractivity contribution in [3.05, 3.63) is 34.9 Å². The Morgan fingerprint density at radius 1 is 1.42 bits per heavy atom. The minimum absolute atomic E-state index is 0.0240. The molecule has 1 aliphatic heterocycles. The number of rotatable bonds is 6. The molecule has 1 fully saturated rings. The lowest BCUT2D eigenvalue weighted by atomic mass is 10.2. The molecule has 19 heavy (non-hydrogen) atoms. The highest BCUT2D eigenvalue weighted by Crippen LogP contribution is 2.41. The highest BCUT2D eigenvalue weighted by atomic mass is 35.5. The van der Waals surface area contributed by atoms with Crippen LogP contribution in [0.25, 0.3) is 0 Å². The van der Waals surface area contributed by atoms with Gasteiger partial charge in [-0.2, -0.15) is 11.8 Å². The first-order valence-electron chi connectivity index (χ1n) is 6.08. The zero-order valence-corrected chi connectivity index (χ0v) is 12.8. The monoisotopic (exact) mass is 317 g/mol. The fourth-order valence-electron chi connectivity index (χ4n) is 1.96. The maximum atomic E-state index is 11.9. The standard InChI is InChI=1S/C13H16ClNO2S2/c14-11-4-2-1-3-10(11)13-15(12(17)9-19-13)5-7-18-8-6-16/h1-4,13,16H,5-9H2. The van der Waals surface area contributed by atoms with Crippen LogP contribution in [-0.2, 0) is 4.79 Å². The van der Waals surface area contributed by atoms with E-state index in [9.17, 15) is 4.79 Å². The fourth-order valence-corrected chi connectivity index (χ4v) is 4.18. The van der Waals surface area contributed by atoms with Crippen LogP contribution in [0.2, 0.25) is 5.02 Å². The van der Waals surface area contributed by atoms with Gasteiger partial charge in [-0.1, -0.05) is 29.8 Å². The van der Waals surface area contributed by atoms with Crippen molar-refractivity contribution in [3.63, 3.8) is 0 Å². The third-order valence-corrected chi connectivity index (χ3v) is 5.38.